The van der Waals surface area contributed by atoms with Crippen LogP contribution in [-0.2, 0) is 0 Å². The van der Waals surface area contributed by atoms with Crippen LogP contribution in [0, 0.1) is 17.0 Å². The molecule has 0 amide bonds. The molecule has 1 unspecified atom stereocenters. The predicted molar refractivity (Wildman–Crippen MR) is 67.4 cm³/mol. The molecule has 0 radical (unpaired) electrons. The molecule has 1 aromatic carbocycles. The van der Waals surface area contributed by atoms with E-state index in [1.807, 2.05) is 0 Å². The molecule has 0 saturated carbocycles. The molecular formula is C14H19F3O2. The molecule has 1 aromatic rings. The summed E-state index contributed by atoms with van der Waals surface area (Å²) in [6.07, 6.45) is -1.28. The fourth-order valence-corrected chi connectivity index (χ4v) is 1.31. The molecule has 0 saturated heterocycles. The van der Waals surface area contributed by atoms with E-state index in [1.165, 1.54) is 12.1 Å². The minimum absolute atomic E-state index is 0.181. The van der Waals surface area contributed by atoms with E-state index < -0.39 is 23.2 Å². The standard InChI is InChI=1S/C14H19F3O2/c1-5-18-9-6-7-10(13(17)12(9)16)19-8-11(15)14(2,3)4/h6-7,11H,5,8H2,1-4H3. The molecule has 1 rings (SSSR count). The molecule has 0 N–H and O–H groups in total. The number of hydrogen-bond donors (Lipinski definition) is 0. The lowest BCUT2D eigenvalue weighted by molar-refractivity contribution is 0.0956. The van der Waals surface area contributed by atoms with Gasteiger partial charge in [-0.2, -0.15) is 8.78 Å². The largest absolute Gasteiger partial charge is 0.491 e. The monoisotopic (exact) mass is 276 g/mol. The Labute approximate surface area is 111 Å². The Bertz CT molecular complexity index is 427. The third kappa shape index (κ3) is 4.04. The van der Waals surface area contributed by atoms with Crippen LogP contribution in [0.25, 0.3) is 0 Å². The zero-order valence-electron chi connectivity index (χ0n) is 11.6. The van der Waals surface area contributed by atoms with Gasteiger partial charge in [-0.1, -0.05) is 20.8 Å². The molecule has 108 valence electrons. The molecule has 0 aliphatic rings. The topological polar surface area (TPSA) is 18.5 Å². The summed E-state index contributed by atoms with van der Waals surface area (Å²) in [5.74, 6) is -2.77. The molecule has 0 bridgehead atoms. The Balaban J connectivity index is 2.78. The lowest BCUT2D eigenvalue weighted by Gasteiger charge is -2.23. The van der Waals surface area contributed by atoms with E-state index in [4.69, 9.17) is 9.47 Å². The second-order valence-corrected chi connectivity index (χ2v) is 5.27. The van der Waals surface area contributed by atoms with Gasteiger partial charge in [0.1, 0.15) is 12.8 Å². The molecule has 0 fully saturated rings. The number of hydrogen-bond acceptors (Lipinski definition) is 2. The Morgan fingerprint density at radius 2 is 1.53 bits per heavy atom. The zero-order chi connectivity index (χ0) is 14.6. The number of halogens is 3. The first-order valence-corrected chi connectivity index (χ1v) is 6.15. The third-order valence-corrected chi connectivity index (χ3v) is 2.64. The highest BCUT2D eigenvalue weighted by molar-refractivity contribution is 5.35. The summed E-state index contributed by atoms with van der Waals surface area (Å²) < 4.78 is 50.7. The summed E-state index contributed by atoms with van der Waals surface area (Å²) in [6.45, 7) is 6.68. The number of alkyl halides is 1. The molecule has 0 aromatic heterocycles. The maximum atomic E-state index is 13.7. The van der Waals surface area contributed by atoms with Crippen LogP contribution in [0.15, 0.2) is 12.1 Å². The highest BCUT2D eigenvalue weighted by Gasteiger charge is 2.25. The van der Waals surface area contributed by atoms with Crippen molar-refractivity contribution in [3.63, 3.8) is 0 Å². The molecule has 2 nitrogen and oxygen atoms in total. The fourth-order valence-electron chi connectivity index (χ4n) is 1.31. The van der Waals surface area contributed by atoms with Crippen molar-refractivity contribution in [2.24, 2.45) is 5.41 Å². The highest BCUT2D eigenvalue weighted by atomic mass is 19.2. The van der Waals surface area contributed by atoms with Gasteiger partial charge >= 0.3 is 0 Å². The maximum Gasteiger partial charge on any atom is 0.204 e. The lowest BCUT2D eigenvalue weighted by atomic mass is 9.91. The molecule has 5 heteroatoms. The second-order valence-electron chi connectivity index (χ2n) is 5.27. The maximum absolute atomic E-state index is 13.7. The van der Waals surface area contributed by atoms with Gasteiger partial charge in [-0.05, 0) is 24.5 Å². The molecule has 1 atom stereocenters. The van der Waals surface area contributed by atoms with Gasteiger partial charge in [-0.15, -0.1) is 0 Å². The van der Waals surface area contributed by atoms with Crippen molar-refractivity contribution in [2.45, 2.75) is 33.9 Å². The van der Waals surface area contributed by atoms with Crippen molar-refractivity contribution < 1.29 is 22.6 Å². The van der Waals surface area contributed by atoms with Gasteiger partial charge in [-0.25, -0.2) is 4.39 Å². The van der Waals surface area contributed by atoms with Crippen LogP contribution in [0.5, 0.6) is 11.5 Å². The summed E-state index contributed by atoms with van der Waals surface area (Å²) in [7, 11) is 0. The van der Waals surface area contributed by atoms with Gasteiger partial charge in [-0.3, -0.25) is 0 Å². The van der Waals surface area contributed by atoms with Gasteiger partial charge in [0.2, 0.25) is 11.6 Å². The molecule has 0 heterocycles. The average Bonchev–Trinajstić information content (AvgIpc) is 2.32. The minimum atomic E-state index is -1.28. The van der Waals surface area contributed by atoms with E-state index in [2.05, 4.69) is 0 Å². The van der Waals surface area contributed by atoms with Crippen LogP contribution in [0.4, 0.5) is 13.2 Å². The lowest BCUT2D eigenvalue weighted by Crippen LogP contribution is -2.28. The Morgan fingerprint density at radius 3 is 1.95 bits per heavy atom. The van der Waals surface area contributed by atoms with Crippen LogP contribution < -0.4 is 9.47 Å². The van der Waals surface area contributed by atoms with Gasteiger partial charge in [0.15, 0.2) is 11.5 Å². The van der Waals surface area contributed by atoms with Crippen molar-refractivity contribution in [1.82, 2.24) is 0 Å². The summed E-state index contributed by atoms with van der Waals surface area (Å²) in [4.78, 5) is 0. The first kappa shape index (κ1) is 15.7. The van der Waals surface area contributed by atoms with Crippen LogP contribution >= 0.6 is 0 Å². The summed E-state index contributed by atoms with van der Waals surface area (Å²) in [6, 6.07) is 2.50. The highest BCUT2D eigenvalue weighted by Crippen LogP contribution is 2.29. The number of ether oxygens (including phenoxy) is 2. The van der Waals surface area contributed by atoms with E-state index in [1.54, 1.807) is 27.7 Å². The Kier molecular flexibility index (Phi) is 5.09. The second kappa shape index (κ2) is 6.17. The van der Waals surface area contributed by atoms with Crippen LogP contribution in [0.2, 0.25) is 0 Å². The number of benzene rings is 1. The molecule has 19 heavy (non-hydrogen) atoms. The van der Waals surface area contributed by atoms with Crippen molar-refractivity contribution >= 4 is 0 Å². The third-order valence-electron chi connectivity index (χ3n) is 2.64. The van der Waals surface area contributed by atoms with E-state index in [0.717, 1.165) is 0 Å². The average molecular weight is 276 g/mol. The van der Waals surface area contributed by atoms with Gasteiger partial charge < -0.3 is 9.47 Å². The minimum Gasteiger partial charge on any atom is -0.491 e. The summed E-state index contributed by atoms with van der Waals surface area (Å²) in [5, 5.41) is 0. The Morgan fingerprint density at radius 1 is 1.05 bits per heavy atom. The quantitative estimate of drug-likeness (QED) is 0.805. The van der Waals surface area contributed by atoms with Crippen LogP contribution in [-0.4, -0.2) is 19.4 Å². The molecule has 0 spiro atoms. The summed E-state index contributed by atoms with van der Waals surface area (Å²) >= 11 is 0. The van der Waals surface area contributed by atoms with Crippen molar-refractivity contribution in [3.05, 3.63) is 23.8 Å². The number of rotatable bonds is 5. The SMILES string of the molecule is CCOc1ccc(OCC(F)C(C)(C)C)c(F)c1F. The molecular weight excluding hydrogens is 257 g/mol. The van der Waals surface area contributed by atoms with E-state index in [0.29, 0.717) is 0 Å². The smallest absolute Gasteiger partial charge is 0.204 e. The van der Waals surface area contributed by atoms with E-state index in [9.17, 15) is 13.2 Å². The molecule has 0 aliphatic carbocycles. The van der Waals surface area contributed by atoms with Gasteiger partial charge in [0.05, 0.1) is 6.61 Å². The first-order chi connectivity index (χ1) is 8.77. The predicted octanol–water partition coefficient (Wildman–Crippen LogP) is 4.13. The van der Waals surface area contributed by atoms with Crippen molar-refractivity contribution in [2.75, 3.05) is 13.2 Å². The zero-order valence-corrected chi connectivity index (χ0v) is 11.6. The van der Waals surface area contributed by atoms with Gasteiger partial charge in [0, 0.05) is 0 Å². The Hall–Kier alpha value is -1.39. The van der Waals surface area contributed by atoms with Crippen molar-refractivity contribution in [1.29, 1.82) is 0 Å². The van der Waals surface area contributed by atoms with Gasteiger partial charge in [0.25, 0.3) is 0 Å². The molecule has 0 aliphatic heterocycles. The van der Waals surface area contributed by atoms with E-state index in [-0.39, 0.29) is 24.7 Å². The fraction of sp³-hybridized carbons (Fsp3) is 0.571. The van der Waals surface area contributed by atoms with E-state index >= 15 is 0 Å². The normalized spacial score (nSPS) is 13.2. The van der Waals surface area contributed by atoms with Crippen LogP contribution in [0.3, 0.4) is 0 Å². The first-order valence-electron chi connectivity index (χ1n) is 6.15. The van der Waals surface area contributed by atoms with Crippen molar-refractivity contribution in [3.8, 4) is 11.5 Å². The summed E-state index contributed by atoms with van der Waals surface area (Å²) in [5.41, 5.74) is -0.611. The van der Waals surface area contributed by atoms with Crippen LogP contribution in [0.1, 0.15) is 27.7 Å².